The van der Waals surface area contributed by atoms with E-state index in [0.717, 1.165) is 27.4 Å². The van der Waals surface area contributed by atoms with Crippen molar-refractivity contribution in [1.82, 2.24) is 0 Å². The van der Waals surface area contributed by atoms with Gasteiger partial charge in [0, 0.05) is 21.9 Å². The van der Waals surface area contributed by atoms with E-state index in [2.05, 4.69) is 29.6 Å². The van der Waals surface area contributed by atoms with Gasteiger partial charge in [0.2, 0.25) is 0 Å². The summed E-state index contributed by atoms with van der Waals surface area (Å²) >= 11 is 12.1. The van der Waals surface area contributed by atoms with Crippen molar-refractivity contribution in [2.45, 2.75) is 0 Å². The average Bonchev–Trinajstić information content (AvgIpc) is 2.64. The fourth-order valence-electron chi connectivity index (χ4n) is 2.35. The summed E-state index contributed by atoms with van der Waals surface area (Å²) in [6.07, 6.45) is 8.03. The Labute approximate surface area is 158 Å². The van der Waals surface area contributed by atoms with E-state index in [0.29, 0.717) is 5.02 Å². The second-order valence-electron chi connectivity index (χ2n) is 5.50. The Balaban J connectivity index is 1.77. The van der Waals surface area contributed by atoms with Crippen LogP contribution in [0.3, 0.4) is 0 Å². The van der Waals surface area contributed by atoms with Crippen molar-refractivity contribution in [1.29, 1.82) is 0 Å². The Kier molecular flexibility index (Phi) is 5.95. The molecule has 0 saturated heterocycles. The van der Waals surface area contributed by atoms with Crippen molar-refractivity contribution in [3.8, 4) is 0 Å². The zero-order valence-electron chi connectivity index (χ0n) is 13.5. The van der Waals surface area contributed by atoms with Gasteiger partial charge in [-0.05, 0) is 53.1 Å². The molecule has 0 unspecified atom stereocenters. The third-order valence-electron chi connectivity index (χ3n) is 3.65. The molecule has 0 saturated carbocycles. The van der Waals surface area contributed by atoms with Crippen LogP contribution < -0.4 is 5.32 Å². The zero-order chi connectivity index (χ0) is 17.5. The highest BCUT2D eigenvalue weighted by Crippen LogP contribution is 2.23. The summed E-state index contributed by atoms with van der Waals surface area (Å²) in [4.78, 5) is 0. The number of rotatable bonds is 5. The molecule has 0 atom stereocenters. The van der Waals surface area contributed by atoms with Crippen LogP contribution in [-0.2, 0) is 0 Å². The lowest BCUT2D eigenvalue weighted by molar-refractivity contribution is 1.56. The quantitative estimate of drug-likeness (QED) is 0.469. The summed E-state index contributed by atoms with van der Waals surface area (Å²) in [7, 11) is 0. The van der Waals surface area contributed by atoms with Crippen molar-refractivity contribution in [2.24, 2.45) is 0 Å². The van der Waals surface area contributed by atoms with Gasteiger partial charge in [0.25, 0.3) is 0 Å². The Bertz CT molecular complexity index is 882. The van der Waals surface area contributed by atoms with Crippen LogP contribution in [0.5, 0.6) is 0 Å². The van der Waals surface area contributed by atoms with Crippen molar-refractivity contribution in [3.63, 3.8) is 0 Å². The second-order valence-corrected chi connectivity index (χ2v) is 6.38. The van der Waals surface area contributed by atoms with Crippen LogP contribution in [0.15, 0.2) is 79.0 Å². The van der Waals surface area contributed by atoms with E-state index < -0.39 is 0 Å². The number of hydrogen-bond acceptors (Lipinski definition) is 1. The van der Waals surface area contributed by atoms with Gasteiger partial charge in [0.15, 0.2) is 0 Å². The van der Waals surface area contributed by atoms with Gasteiger partial charge in [-0.3, -0.25) is 0 Å². The molecule has 0 heterocycles. The van der Waals surface area contributed by atoms with E-state index in [1.807, 2.05) is 72.9 Å². The van der Waals surface area contributed by atoms with Crippen LogP contribution in [0, 0.1) is 0 Å². The zero-order valence-corrected chi connectivity index (χ0v) is 15.0. The lowest BCUT2D eigenvalue weighted by Crippen LogP contribution is -1.90. The van der Waals surface area contributed by atoms with Crippen molar-refractivity contribution >= 4 is 47.1 Å². The molecule has 124 valence electrons. The Morgan fingerprint density at radius 3 is 2.08 bits per heavy atom. The van der Waals surface area contributed by atoms with Gasteiger partial charge in [-0.25, -0.2) is 0 Å². The third kappa shape index (κ3) is 5.25. The lowest BCUT2D eigenvalue weighted by atomic mass is 10.1. The first-order chi connectivity index (χ1) is 12.2. The predicted octanol–water partition coefficient (Wildman–Crippen LogP) is 7.25. The standard InChI is InChI=1S/C22H17Cl2N/c23-20-10-7-18(8-11-20)14-15-25-22-13-12-21(24)16-19(22)9-6-17-4-2-1-3-5-17/h1-16,25H. The summed E-state index contributed by atoms with van der Waals surface area (Å²) < 4.78 is 0. The van der Waals surface area contributed by atoms with Crippen LogP contribution in [0.1, 0.15) is 16.7 Å². The fraction of sp³-hybridized carbons (Fsp3) is 0. The normalized spacial score (nSPS) is 11.3. The van der Waals surface area contributed by atoms with Gasteiger partial charge in [-0.1, -0.05) is 77.8 Å². The van der Waals surface area contributed by atoms with Crippen LogP contribution in [0.25, 0.3) is 18.2 Å². The molecular weight excluding hydrogens is 349 g/mol. The fourth-order valence-corrected chi connectivity index (χ4v) is 2.66. The van der Waals surface area contributed by atoms with Crippen LogP contribution >= 0.6 is 23.2 Å². The molecule has 0 aliphatic rings. The largest absolute Gasteiger partial charge is 0.361 e. The van der Waals surface area contributed by atoms with Gasteiger partial charge in [0.05, 0.1) is 0 Å². The van der Waals surface area contributed by atoms with Gasteiger partial charge in [-0.2, -0.15) is 0 Å². The second kappa shape index (κ2) is 8.57. The molecule has 3 aromatic carbocycles. The van der Waals surface area contributed by atoms with Gasteiger partial charge >= 0.3 is 0 Å². The van der Waals surface area contributed by atoms with Crippen molar-refractivity contribution in [3.05, 3.63) is 106 Å². The van der Waals surface area contributed by atoms with Crippen molar-refractivity contribution in [2.75, 3.05) is 5.32 Å². The average molecular weight is 366 g/mol. The molecule has 3 heteroatoms. The molecule has 0 aliphatic heterocycles. The monoisotopic (exact) mass is 365 g/mol. The first kappa shape index (κ1) is 17.3. The summed E-state index contributed by atoms with van der Waals surface area (Å²) in [6, 6.07) is 23.6. The highest BCUT2D eigenvalue weighted by molar-refractivity contribution is 6.31. The number of benzene rings is 3. The Hall–Kier alpha value is -2.48. The minimum absolute atomic E-state index is 0.708. The summed E-state index contributed by atoms with van der Waals surface area (Å²) in [5.41, 5.74) is 4.23. The molecule has 1 N–H and O–H groups in total. The molecular formula is C22H17Cl2N. The summed E-state index contributed by atoms with van der Waals surface area (Å²) in [5.74, 6) is 0. The molecule has 0 fully saturated rings. The predicted molar refractivity (Wildman–Crippen MR) is 111 cm³/mol. The number of halogens is 2. The van der Waals surface area contributed by atoms with Crippen LogP contribution in [-0.4, -0.2) is 0 Å². The lowest BCUT2D eigenvalue weighted by Gasteiger charge is -2.07. The highest BCUT2D eigenvalue weighted by atomic mass is 35.5. The topological polar surface area (TPSA) is 12.0 Å². The minimum atomic E-state index is 0.708. The molecule has 25 heavy (non-hydrogen) atoms. The molecule has 1 nitrogen and oxygen atoms in total. The maximum Gasteiger partial charge on any atom is 0.0454 e. The first-order valence-corrected chi connectivity index (χ1v) is 8.68. The number of nitrogens with one attached hydrogen (secondary N) is 1. The van der Waals surface area contributed by atoms with E-state index >= 15 is 0 Å². The minimum Gasteiger partial charge on any atom is -0.361 e. The Morgan fingerprint density at radius 1 is 0.640 bits per heavy atom. The van der Waals surface area contributed by atoms with Crippen molar-refractivity contribution < 1.29 is 0 Å². The molecule has 3 rings (SSSR count). The van der Waals surface area contributed by atoms with E-state index in [4.69, 9.17) is 23.2 Å². The molecule has 0 bridgehead atoms. The van der Waals surface area contributed by atoms with Gasteiger partial charge in [0.1, 0.15) is 0 Å². The van der Waals surface area contributed by atoms with E-state index in [-0.39, 0.29) is 0 Å². The molecule has 0 aromatic heterocycles. The van der Waals surface area contributed by atoms with E-state index in [1.54, 1.807) is 0 Å². The Morgan fingerprint density at radius 2 is 1.32 bits per heavy atom. The third-order valence-corrected chi connectivity index (χ3v) is 4.14. The molecule has 3 aromatic rings. The maximum atomic E-state index is 6.15. The maximum absolute atomic E-state index is 6.15. The summed E-state index contributed by atoms with van der Waals surface area (Å²) in [5, 5.41) is 4.76. The smallest absolute Gasteiger partial charge is 0.0454 e. The molecule has 0 amide bonds. The van der Waals surface area contributed by atoms with Crippen LogP contribution in [0.4, 0.5) is 5.69 Å². The number of hydrogen-bond donors (Lipinski definition) is 1. The first-order valence-electron chi connectivity index (χ1n) is 7.92. The molecule has 0 aliphatic carbocycles. The van der Waals surface area contributed by atoms with E-state index in [1.165, 1.54) is 0 Å². The van der Waals surface area contributed by atoms with Crippen LogP contribution in [0.2, 0.25) is 10.0 Å². The van der Waals surface area contributed by atoms with Gasteiger partial charge < -0.3 is 5.32 Å². The number of anilines is 1. The summed E-state index contributed by atoms with van der Waals surface area (Å²) in [6.45, 7) is 0. The molecule has 0 radical (unpaired) electrons. The molecule has 0 spiro atoms. The van der Waals surface area contributed by atoms with E-state index in [9.17, 15) is 0 Å². The van der Waals surface area contributed by atoms with Gasteiger partial charge in [-0.15, -0.1) is 0 Å². The highest BCUT2D eigenvalue weighted by Gasteiger charge is 1.99. The SMILES string of the molecule is Clc1ccc(C=CNc2ccc(Cl)cc2C=Cc2ccccc2)cc1.